The number of aromatic nitrogens is 2. The van der Waals surface area contributed by atoms with Crippen molar-refractivity contribution in [3.8, 4) is 5.75 Å². The van der Waals surface area contributed by atoms with Crippen LogP contribution in [0.5, 0.6) is 5.75 Å². The number of anilines is 1. The summed E-state index contributed by atoms with van der Waals surface area (Å²) in [5, 5.41) is 17.9. The van der Waals surface area contributed by atoms with Crippen LogP contribution in [0.25, 0.3) is 0 Å². The summed E-state index contributed by atoms with van der Waals surface area (Å²) >= 11 is 0. The minimum atomic E-state index is -0.460. The summed E-state index contributed by atoms with van der Waals surface area (Å²) in [5.74, 6) is 0.263. The Morgan fingerprint density at radius 2 is 1.82 bits per heavy atom. The van der Waals surface area contributed by atoms with Gasteiger partial charge in [-0.15, -0.1) is 0 Å². The van der Waals surface area contributed by atoms with Gasteiger partial charge in [0.2, 0.25) is 0 Å². The molecule has 4 aromatic rings. The highest BCUT2D eigenvalue weighted by molar-refractivity contribution is 6.04. The molecule has 0 aliphatic carbocycles. The highest BCUT2D eigenvalue weighted by Crippen LogP contribution is 2.19. The number of aryl methyl sites for hydroxylation is 1. The van der Waals surface area contributed by atoms with Crippen molar-refractivity contribution in [2.45, 2.75) is 20.1 Å². The first-order valence-electron chi connectivity index (χ1n) is 10.3. The van der Waals surface area contributed by atoms with E-state index in [0.29, 0.717) is 23.5 Å². The quantitative estimate of drug-likeness (QED) is 0.306. The zero-order chi connectivity index (χ0) is 23.2. The molecule has 0 fully saturated rings. The lowest BCUT2D eigenvalue weighted by atomic mass is 10.1. The zero-order valence-corrected chi connectivity index (χ0v) is 18.0. The Kier molecular flexibility index (Phi) is 6.45. The van der Waals surface area contributed by atoms with Gasteiger partial charge in [-0.2, -0.15) is 5.10 Å². The average molecular weight is 442 g/mol. The molecule has 0 saturated heterocycles. The van der Waals surface area contributed by atoms with E-state index in [1.54, 1.807) is 47.4 Å². The van der Waals surface area contributed by atoms with Crippen LogP contribution in [0.3, 0.4) is 0 Å². The second-order valence-corrected chi connectivity index (χ2v) is 7.61. The van der Waals surface area contributed by atoms with E-state index in [1.807, 2.05) is 31.2 Å². The molecule has 0 aliphatic rings. The van der Waals surface area contributed by atoms with E-state index in [2.05, 4.69) is 16.5 Å². The highest BCUT2D eigenvalue weighted by atomic mass is 16.6. The molecule has 0 unspecified atom stereocenters. The van der Waals surface area contributed by atoms with E-state index in [9.17, 15) is 14.9 Å². The Morgan fingerprint density at radius 3 is 2.58 bits per heavy atom. The second-order valence-electron chi connectivity index (χ2n) is 7.61. The van der Waals surface area contributed by atoms with Gasteiger partial charge in [-0.1, -0.05) is 42.0 Å². The van der Waals surface area contributed by atoms with E-state index >= 15 is 0 Å². The number of amides is 1. The molecule has 0 atom stereocenters. The van der Waals surface area contributed by atoms with Gasteiger partial charge in [-0.25, -0.2) is 0 Å². The summed E-state index contributed by atoms with van der Waals surface area (Å²) in [4.78, 5) is 23.0. The molecular weight excluding hydrogens is 420 g/mol. The van der Waals surface area contributed by atoms with Gasteiger partial charge < -0.3 is 10.1 Å². The van der Waals surface area contributed by atoms with Crippen LogP contribution < -0.4 is 10.1 Å². The third-order valence-corrected chi connectivity index (χ3v) is 4.96. The molecule has 33 heavy (non-hydrogen) atoms. The molecule has 0 saturated carbocycles. The Morgan fingerprint density at radius 1 is 1.06 bits per heavy atom. The normalized spacial score (nSPS) is 10.6. The number of benzene rings is 3. The van der Waals surface area contributed by atoms with E-state index < -0.39 is 4.92 Å². The summed E-state index contributed by atoms with van der Waals surface area (Å²) < 4.78 is 7.46. The number of non-ortho nitro benzene ring substituents is 1. The summed E-state index contributed by atoms with van der Waals surface area (Å²) in [6.07, 6.45) is 3.41. The fourth-order valence-electron chi connectivity index (χ4n) is 3.35. The van der Waals surface area contributed by atoms with Crippen molar-refractivity contribution in [2.24, 2.45) is 0 Å². The minimum absolute atomic E-state index is 0.00298. The Labute approximate surface area is 190 Å². The van der Waals surface area contributed by atoms with Crippen molar-refractivity contribution in [3.63, 3.8) is 0 Å². The van der Waals surface area contributed by atoms with E-state index in [0.717, 1.165) is 11.1 Å². The van der Waals surface area contributed by atoms with E-state index in [1.165, 1.54) is 17.7 Å². The number of rotatable bonds is 8. The van der Waals surface area contributed by atoms with Crippen LogP contribution >= 0.6 is 0 Å². The van der Waals surface area contributed by atoms with Crippen LogP contribution in [0.1, 0.15) is 27.0 Å². The molecule has 1 N–H and O–H groups in total. The molecule has 4 rings (SSSR count). The number of hydrogen-bond donors (Lipinski definition) is 1. The predicted octanol–water partition coefficient (Wildman–Crippen LogP) is 4.98. The van der Waals surface area contributed by atoms with Crippen molar-refractivity contribution < 1.29 is 14.5 Å². The van der Waals surface area contributed by atoms with Gasteiger partial charge in [0.25, 0.3) is 11.6 Å². The van der Waals surface area contributed by atoms with Gasteiger partial charge in [-0.05, 0) is 42.3 Å². The maximum atomic E-state index is 12.7. The molecule has 1 amide bonds. The second kappa shape index (κ2) is 9.78. The molecular formula is C25H22N4O4. The lowest BCUT2D eigenvalue weighted by molar-refractivity contribution is -0.384. The first kappa shape index (κ1) is 21.8. The fraction of sp³-hybridized carbons (Fsp3) is 0.120. The van der Waals surface area contributed by atoms with Gasteiger partial charge in [-0.3, -0.25) is 19.6 Å². The number of nitrogens with zero attached hydrogens (tertiary/aromatic N) is 3. The fourth-order valence-corrected chi connectivity index (χ4v) is 3.35. The van der Waals surface area contributed by atoms with E-state index in [-0.39, 0.29) is 18.2 Å². The molecule has 1 aromatic heterocycles. The van der Waals surface area contributed by atoms with Crippen LogP contribution in [0, 0.1) is 17.0 Å². The van der Waals surface area contributed by atoms with Crippen LogP contribution in [-0.4, -0.2) is 20.6 Å². The van der Waals surface area contributed by atoms with Crippen molar-refractivity contribution in [2.75, 3.05) is 5.32 Å². The predicted molar refractivity (Wildman–Crippen MR) is 124 cm³/mol. The number of nitrogens with one attached hydrogen (secondary N) is 1. The smallest absolute Gasteiger partial charge is 0.269 e. The van der Waals surface area contributed by atoms with Gasteiger partial charge in [0.1, 0.15) is 12.4 Å². The van der Waals surface area contributed by atoms with Crippen LogP contribution in [-0.2, 0) is 13.2 Å². The minimum Gasteiger partial charge on any atom is -0.489 e. The number of ether oxygens (including phenoxy) is 1. The Hall–Kier alpha value is -4.46. The number of nitro groups is 1. The summed E-state index contributed by atoms with van der Waals surface area (Å²) in [6.45, 7) is 2.89. The summed E-state index contributed by atoms with van der Waals surface area (Å²) in [7, 11) is 0. The lowest BCUT2D eigenvalue weighted by Crippen LogP contribution is -2.12. The van der Waals surface area contributed by atoms with Gasteiger partial charge in [0, 0.05) is 23.9 Å². The SMILES string of the molecule is Cc1cccc(Cn2cc(NC(=O)c3cccc(COc4ccc([N+](=O)[O-])cc4)c3)cn2)c1. The zero-order valence-electron chi connectivity index (χ0n) is 18.0. The molecule has 8 heteroatoms. The monoisotopic (exact) mass is 442 g/mol. The summed E-state index contributed by atoms with van der Waals surface area (Å²) in [5.41, 5.74) is 4.23. The van der Waals surface area contributed by atoms with Crippen LogP contribution in [0.15, 0.2) is 85.2 Å². The van der Waals surface area contributed by atoms with Gasteiger partial charge in [0.05, 0.1) is 23.4 Å². The third kappa shape index (κ3) is 5.82. The molecule has 3 aromatic carbocycles. The van der Waals surface area contributed by atoms with Gasteiger partial charge in [0.15, 0.2) is 0 Å². The first-order chi connectivity index (χ1) is 16.0. The standard InChI is InChI=1S/C25H22N4O4/c1-18-4-2-5-19(12-18)15-28-16-22(14-26-28)27-25(30)21-7-3-6-20(13-21)17-33-24-10-8-23(9-11-24)29(31)32/h2-14,16H,15,17H2,1H3,(H,27,30). The molecule has 8 nitrogen and oxygen atoms in total. The van der Waals surface area contributed by atoms with Crippen LogP contribution in [0.4, 0.5) is 11.4 Å². The van der Waals surface area contributed by atoms with E-state index in [4.69, 9.17) is 4.74 Å². The maximum Gasteiger partial charge on any atom is 0.269 e. The molecule has 0 spiro atoms. The topological polar surface area (TPSA) is 99.3 Å². The van der Waals surface area contributed by atoms with Crippen molar-refractivity contribution in [1.29, 1.82) is 0 Å². The average Bonchev–Trinajstić information content (AvgIpc) is 3.24. The van der Waals surface area contributed by atoms with Crippen LogP contribution in [0.2, 0.25) is 0 Å². The number of nitro benzene ring substituents is 1. The number of hydrogen-bond acceptors (Lipinski definition) is 5. The number of carbonyl (C=O) groups is 1. The van der Waals surface area contributed by atoms with Crippen molar-refractivity contribution in [1.82, 2.24) is 9.78 Å². The molecule has 1 heterocycles. The molecule has 0 bridgehead atoms. The third-order valence-electron chi connectivity index (χ3n) is 4.96. The van der Waals surface area contributed by atoms with Gasteiger partial charge >= 0.3 is 0 Å². The first-order valence-corrected chi connectivity index (χ1v) is 10.3. The highest BCUT2D eigenvalue weighted by Gasteiger charge is 2.10. The van der Waals surface area contributed by atoms with Crippen molar-refractivity contribution in [3.05, 3.63) is 118 Å². The Bertz CT molecular complexity index is 1280. The lowest BCUT2D eigenvalue weighted by Gasteiger charge is -2.08. The molecule has 166 valence electrons. The molecule has 0 aliphatic heterocycles. The summed E-state index contributed by atoms with van der Waals surface area (Å²) in [6, 6.07) is 21.2. The number of carbonyl (C=O) groups excluding carboxylic acids is 1. The molecule has 0 radical (unpaired) electrons. The van der Waals surface area contributed by atoms with Crippen molar-refractivity contribution >= 4 is 17.3 Å². The largest absolute Gasteiger partial charge is 0.489 e. The maximum absolute atomic E-state index is 12.7. The Balaban J connectivity index is 1.35.